The zero-order chi connectivity index (χ0) is 37.0. The summed E-state index contributed by atoms with van der Waals surface area (Å²) in [6.45, 7) is 11.4. The molecule has 9 rings (SSSR count). The summed E-state index contributed by atoms with van der Waals surface area (Å²) >= 11 is 6.81. The highest BCUT2D eigenvalue weighted by Gasteiger charge is 2.52. The van der Waals surface area contributed by atoms with Crippen LogP contribution in [0.25, 0.3) is 44.2 Å². The lowest BCUT2D eigenvalue weighted by Crippen LogP contribution is -2.46. The molecule has 0 bridgehead atoms. The number of aromatic amines is 2. The number of amides is 2. The Morgan fingerprint density at radius 1 is 0.679 bits per heavy atom. The Kier molecular flexibility index (Phi) is 7.90. The van der Waals surface area contributed by atoms with Gasteiger partial charge < -0.3 is 19.4 Å². The van der Waals surface area contributed by atoms with Gasteiger partial charge in [-0.05, 0) is 138 Å². The van der Waals surface area contributed by atoms with Crippen LogP contribution in [0.15, 0.2) is 54.6 Å². The number of imidazole rings is 2. The number of aromatic nitrogens is 4. The summed E-state index contributed by atoms with van der Waals surface area (Å²) in [5, 5.41) is 2.64. The van der Waals surface area contributed by atoms with Gasteiger partial charge in [0.05, 0.1) is 23.1 Å². The Hall–Kier alpha value is -4.57. The van der Waals surface area contributed by atoms with Crippen molar-refractivity contribution in [1.82, 2.24) is 29.7 Å². The number of nitrogens with one attached hydrogen (secondary N) is 2. The van der Waals surface area contributed by atoms with E-state index in [-0.39, 0.29) is 36.4 Å². The topological polar surface area (TPSA) is 116 Å². The van der Waals surface area contributed by atoms with E-state index in [1.165, 1.54) is 0 Å². The molecule has 11 heteroatoms. The van der Waals surface area contributed by atoms with E-state index < -0.39 is 11.2 Å². The molecular formula is C42H47ClN6O4. The number of halogens is 1. The molecule has 10 nitrogen and oxygen atoms in total. The monoisotopic (exact) mass is 734 g/mol. The van der Waals surface area contributed by atoms with E-state index in [0.29, 0.717) is 28.5 Å². The molecule has 2 aromatic heterocycles. The second kappa shape index (κ2) is 12.2. The highest BCUT2D eigenvalue weighted by atomic mass is 35.5. The first-order valence-electron chi connectivity index (χ1n) is 19.0. The van der Waals surface area contributed by atoms with Gasteiger partial charge in [0.25, 0.3) is 0 Å². The molecule has 4 fully saturated rings. The van der Waals surface area contributed by atoms with E-state index in [0.717, 1.165) is 82.8 Å². The van der Waals surface area contributed by atoms with Crippen molar-refractivity contribution in [3.8, 4) is 22.4 Å². The number of benzene rings is 3. The lowest BCUT2D eigenvalue weighted by atomic mass is 9.80. The fourth-order valence-corrected chi connectivity index (χ4v) is 9.20. The van der Waals surface area contributed by atoms with Gasteiger partial charge in [-0.25, -0.2) is 19.6 Å². The summed E-state index contributed by atoms with van der Waals surface area (Å²) in [6, 6.07) is 19.1. The lowest BCUT2D eigenvalue weighted by Gasteiger charge is -2.37. The summed E-state index contributed by atoms with van der Waals surface area (Å²) in [7, 11) is 0. The first-order valence-corrected chi connectivity index (χ1v) is 19.4. The largest absolute Gasteiger partial charge is 0.444 e. The first-order chi connectivity index (χ1) is 25.2. The van der Waals surface area contributed by atoms with E-state index in [9.17, 15) is 9.59 Å². The Morgan fingerprint density at radius 2 is 1.19 bits per heavy atom. The van der Waals surface area contributed by atoms with Crippen molar-refractivity contribution >= 4 is 45.6 Å². The fourth-order valence-electron chi connectivity index (χ4n) is 8.95. The fraction of sp³-hybridized carbons (Fsp3) is 0.476. The maximum absolute atomic E-state index is 13.3. The number of fused-ring (bicyclic) bond motifs is 4. The number of nitrogens with zero attached hydrogens (tertiary/aromatic N) is 4. The van der Waals surface area contributed by atoms with E-state index >= 15 is 0 Å². The van der Waals surface area contributed by atoms with E-state index in [2.05, 4.69) is 64.6 Å². The SMILES string of the molecule is CC(C)(C)OC(=O)N1[C@@H]2CC[C@@H]2C[C@H]1c1nc(-c2ccc3cc(-c4ccc5nc([C@@H]6C[C@H]7CC[C@H]7N6C(=O)OC(C)(C)C)[nH]c5c4)ccc3c2)c(Cl)[nH]1. The van der Waals surface area contributed by atoms with Crippen LogP contribution in [0.4, 0.5) is 9.59 Å². The van der Waals surface area contributed by atoms with E-state index in [1.807, 2.05) is 51.3 Å². The van der Waals surface area contributed by atoms with Crippen LogP contribution in [0.5, 0.6) is 0 Å². The maximum atomic E-state index is 13.3. The van der Waals surface area contributed by atoms with Crippen LogP contribution in [-0.2, 0) is 9.47 Å². The van der Waals surface area contributed by atoms with Crippen molar-refractivity contribution in [3.63, 3.8) is 0 Å². The molecule has 2 aliphatic carbocycles. The number of carbonyl (C=O) groups excluding carboxylic acids is 2. The minimum absolute atomic E-state index is 0.121. The third-order valence-electron chi connectivity index (χ3n) is 11.7. The van der Waals surface area contributed by atoms with Gasteiger partial charge >= 0.3 is 12.2 Å². The van der Waals surface area contributed by atoms with Gasteiger partial charge in [0, 0.05) is 17.6 Å². The molecular weight excluding hydrogens is 688 g/mol. The number of rotatable bonds is 4. The summed E-state index contributed by atoms with van der Waals surface area (Å²) in [5.41, 5.74) is 4.47. The molecule has 2 saturated heterocycles. The van der Waals surface area contributed by atoms with Crippen molar-refractivity contribution < 1.29 is 19.1 Å². The smallest absolute Gasteiger partial charge is 0.411 e. The molecule has 2 aliphatic heterocycles. The van der Waals surface area contributed by atoms with Crippen molar-refractivity contribution in [2.75, 3.05) is 0 Å². The summed E-state index contributed by atoms with van der Waals surface area (Å²) in [4.78, 5) is 47.2. The first kappa shape index (κ1) is 34.2. The Bertz CT molecular complexity index is 2260. The number of hydrogen-bond donors (Lipinski definition) is 2. The van der Waals surface area contributed by atoms with E-state index in [4.69, 9.17) is 31.0 Å². The minimum Gasteiger partial charge on any atom is -0.444 e. The molecule has 6 atom stereocenters. The van der Waals surface area contributed by atoms with Gasteiger partial charge in [0.15, 0.2) is 0 Å². The average molecular weight is 735 g/mol. The lowest BCUT2D eigenvalue weighted by molar-refractivity contribution is 0.00385. The highest BCUT2D eigenvalue weighted by Crippen LogP contribution is 2.51. The third-order valence-corrected chi connectivity index (χ3v) is 11.9. The molecule has 4 aliphatic rings. The molecule has 53 heavy (non-hydrogen) atoms. The van der Waals surface area contributed by atoms with Crippen molar-refractivity contribution in [3.05, 3.63) is 71.4 Å². The molecule has 5 aromatic rings. The van der Waals surface area contributed by atoms with Gasteiger partial charge in [-0.3, -0.25) is 9.80 Å². The van der Waals surface area contributed by atoms with Crippen molar-refractivity contribution in [1.29, 1.82) is 0 Å². The standard InChI is InChI=1S/C42H47ClN6O4/c1-41(2,3)52-39(50)48-31-15-12-26(31)20-33(48)37-44-29-14-11-25(19-30(29)45-37)23-7-8-24-18-28(10-9-22(24)17-23)35-36(43)47-38(46-35)34-21-27-13-16-32(27)49(34)40(51)53-42(4,5)6/h7-11,14,17-19,26-27,31-34H,12-13,15-16,20-21H2,1-6H3,(H,44,45)(H,46,47)/t26-,27-,31-,32-,33+,34+/m1/s1. The van der Waals surface area contributed by atoms with Crippen LogP contribution in [0.2, 0.25) is 5.15 Å². The number of carbonyl (C=O) groups is 2. The third kappa shape index (κ3) is 6.12. The molecule has 0 unspecified atom stereocenters. The van der Waals surface area contributed by atoms with Gasteiger partial charge in [-0.15, -0.1) is 0 Å². The Labute approximate surface area is 314 Å². The van der Waals surface area contributed by atoms with E-state index in [1.54, 1.807) is 0 Å². The average Bonchev–Trinajstić information content (AvgIpc) is 3.79. The zero-order valence-corrected chi connectivity index (χ0v) is 32.0. The van der Waals surface area contributed by atoms with Gasteiger partial charge in [-0.1, -0.05) is 41.9 Å². The normalized spacial score (nSPS) is 25.3. The van der Waals surface area contributed by atoms with Crippen LogP contribution in [0.1, 0.15) is 104 Å². The Morgan fingerprint density at radius 3 is 1.74 bits per heavy atom. The predicted octanol–water partition coefficient (Wildman–Crippen LogP) is 10.3. The molecule has 2 saturated carbocycles. The number of likely N-dealkylation sites (tertiary alicyclic amines) is 2. The molecule has 2 N–H and O–H groups in total. The molecule has 3 aromatic carbocycles. The molecule has 276 valence electrons. The summed E-state index contributed by atoms with van der Waals surface area (Å²) < 4.78 is 11.6. The number of hydrogen-bond acceptors (Lipinski definition) is 6. The minimum atomic E-state index is -0.572. The van der Waals surface area contributed by atoms with Crippen LogP contribution >= 0.6 is 11.6 Å². The predicted molar refractivity (Wildman–Crippen MR) is 206 cm³/mol. The number of H-pyrrole nitrogens is 2. The molecule has 0 spiro atoms. The van der Waals surface area contributed by atoms with Crippen LogP contribution in [0.3, 0.4) is 0 Å². The number of ether oxygens (including phenoxy) is 2. The van der Waals surface area contributed by atoms with Crippen LogP contribution in [0, 0.1) is 11.8 Å². The van der Waals surface area contributed by atoms with Crippen LogP contribution in [-0.4, -0.2) is 65.2 Å². The highest BCUT2D eigenvalue weighted by molar-refractivity contribution is 6.32. The molecule has 4 heterocycles. The van der Waals surface area contributed by atoms with Crippen molar-refractivity contribution in [2.24, 2.45) is 11.8 Å². The van der Waals surface area contributed by atoms with Crippen molar-refractivity contribution in [2.45, 2.75) is 115 Å². The summed E-state index contributed by atoms with van der Waals surface area (Å²) in [5.74, 6) is 2.48. The van der Waals surface area contributed by atoms with Gasteiger partial charge in [-0.2, -0.15) is 0 Å². The van der Waals surface area contributed by atoms with Gasteiger partial charge in [0.2, 0.25) is 0 Å². The molecule has 2 amide bonds. The van der Waals surface area contributed by atoms with Gasteiger partial charge in [0.1, 0.15) is 33.7 Å². The Balaban J connectivity index is 0.960. The quantitative estimate of drug-likeness (QED) is 0.190. The maximum Gasteiger partial charge on any atom is 0.411 e. The second-order valence-corrected chi connectivity index (χ2v) is 17.9. The molecule has 0 radical (unpaired) electrons. The van der Waals surface area contributed by atoms with Crippen LogP contribution < -0.4 is 0 Å². The second-order valence-electron chi connectivity index (χ2n) is 17.5. The summed E-state index contributed by atoms with van der Waals surface area (Å²) in [6.07, 6.45) is 5.46. The zero-order valence-electron chi connectivity index (χ0n) is 31.2.